The minimum atomic E-state index is 0.0783. The van der Waals surface area contributed by atoms with Crippen molar-refractivity contribution in [3.8, 4) is 0 Å². The topological polar surface area (TPSA) is 44.4 Å². The Labute approximate surface area is 125 Å². The largest absolute Gasteiger partial charge is 0.352 e. The van der Waals surface area contributed by atoms with Crippen LogP contribution in [0.5, 0.6) is 0 Å². The molecule has 1 aromatic carbocycles. The number of hydrogen-bond acceptors (Lipinski definition) is 3. The molecule has 1 saturated heterocycles. The van der Waals surface area contributed by atoms with Gasteiger partial charge in [0.2, 0.25) is 0 Å². The van der Waals surface area contributed by atoms with Gasteiger partial charge in [0.15, 0.2) is 0 Å². The number of likely N-dealkylation sites (tertiary alicyclic amines) is 1. The van der Waals surface area contributed by atoms with E-state index in [0.717, 1.165) is 31.2 Å². The van der Waals surface area contributed by atoms with E-state index in [1.54, 1.807) is 0 Å². The third kappa shape index (κ3) is 2.83. The van der Waals surface area contributed by atoms with E-state index in [1.165, 1.54) is 43.5 Å². The van der Waals surface area contributed by atoms with Crippen LogP contribution in [0.15, 0.2) is 18.2 Å². The highest BCUT2D eigenvalue weighted by atomic mass is 16.1. The van der Waals surface area contributed by atoms with Crippen LogP contribution in [0, 0.1) is 5.92 Å². The quantitative estimate of drug-likeness (QED) is 0.881. The van der Waals surface area contributed by atoms with E-state index in [1.807, 2.05) is 12.1 Å². The zero-order valence-electron chi connectivity index (χ0n) is 12.4. The van der Waals surface area contributed by atoms with Crippen molar-refractivity contribution in [3.63, 3.8) is 0 Å². The Morgan fingerprint density at radius 3 is 2.95 bits per heavy atom. The highest BCUT2D eigenvalue weighted by molar-refractivity contribution is 5.94. The number of fused-ring (bicyclic) bond motifs is 1. The molecule has 2 aliphatic heterocycles. The summed E-state index contributed by atoms with van der Waals surface area (Å²) in [7, 11) is 0. The van der Waals surface area contributed by atoms with Gasteiger partial charge in [-0.25, -0.2) is 0 Å². The SMILES string of the molecule is O=C(NCC1CCN(C2CC2)C1)c1ccc2c(c1)CNC2. The summed E-state index contributed by atoms with van der Waals surface area (Å²) in [6, 6.07) is 6.92. The molecule has 0 bridgehead atoms. The van der Waals surface area contributed by atoms with Gasteiger partial charge in [-0.2, -0.15) is 0 Å². The summed E-state index contributed by atoms with van der Waals surface area (Å²) in [5.41, 5.74) is 3.39. The molecule has 112 valence electrons. The fourth-order valence-electron chi connectivity index (χ4n) is 3.58. The number of carbonyl (C=O) groups excluding carboxylic acids is 1. The molecule has 2 heterocycles. The zero-order valence-corrected chi connectivity index (χ0v) is 12.4. The van der Waals surface area contributed by atoms with Crippen molar-refractivity contribution >= 4 is 5.91 Å². The summed E-state index contributed by atoms with van der Waals surface area (Å²) in [6.45, 7) is 5.01. The van der Waals surface area contributed by atoms with Crippen LogP contribution < -0.4 is 10.6 Å². The van der Waals surface area contributed by atoms with Crippen LogP contribution in [0.2, 0.25) is 0 Å². The van der Waals surface area contributed by atoms with Crippen molar-refractivity contribution in [2.75, 3.05) is 19.6 Å². The second-order valence-corrected chi connectivity index (χ2v) is 6.68. The number of amides is 1. The predicted molar refractivity (Wildman–Crippen MR) is 82.0 cm³/mol. The third-order valence-electron chi connectivity index (χ3n) is 5.03. The lowest BCUT2D eigenvalue weighted by Gasteiger charge is -2.15. The maximum atomic E-state index is 12.3. The van der Waals surface area contributed by atoms with Crippen molar-refractivity contribution in [3.05, 3.63) is 34.9 Å². The fourth-order valence-corrected chi connectivity index (χ4v) is 3.58. The number of nitrogens with one attached hydrogen (secondary N) is 2. The van der Waals surface area contributed by atoms with E-state index in [9.17, 15) is 4.79 Å². The zero-order chi connectivity index (χ0) is 14.2. The summed E-state index contributed by atoms with van der Waals surface area (Å²) in [5.74, 6) is 0.709. The van der Waals surface area contributed by atoms with Gasteiger partial charge in [-0.05, 0) is 55.0 Å². The van der Waals surface area contributed by atoms with Gasteiger partial charge in [0.1, 0.15) is 0 Å². The molecule has 0 radical (unpaired) electrons. The normalized spacial score (nSPS) is 25.0. The number of nitrogens with zero attached hydrogens (tertiary/aromatic N) is 1. The molecule has 0 aromatic heterocycles. The molecule has 1 atom stereocenters. The van der Waals surface area contributed by atoms with Gasteiger partial charge in [-0.3, -0.25) is 4.79 Å². The van der Waals surface area contributed by atoms with Crippen molar-refractivity contribution in [2.24, 2.45) is 5.92 Å². The lowest BCUT2D eigenvalue weighted by Crippen LogP contribution is -2.31. The average molecular weight is 285 g/mol. The average Bonchev–Trinajstić information content (AvgIpc) is 3.07. The van der Waals surface area contributed by atoms with Crippen molar-refractivity contribution < 1.29 is 4.79 Å². The van der Waals surface area contributed by atoms with Crippen LogP contribution in [0.4, 0.5) is 0 Å². The summed E-state index contributed by atoms with van der Waals surface area (Å²) in [6.07, 6.45) is 3.98. The van der Waals surface area contributed by atoms with Crippen LogP contribution in [0.25, 0.3) is 0 Å². The maximum absolute atomic E-state index is 12.3. The van der Waals surface area contributed by atoms with Crippen LogP contribution in [-0.4, -0.2) is 36.5 Å². The Hall–Kier alpha value is -1.39. The first kappa shape index (κ1) is 13.3. The summed E-state index contributed by atoms with van der Waals surface area (Å²) >= 11 is 0. The minimum Gasteiger partial charge on any atom is -0.352 e. The van der Waals surface area contributed by atoms with E-state index < -0.39 is 0 Å². The van der Waals surface area contributed by atoms with Crippen LogP contribution >= 0.6 is 0 Å². The third-order valence-corrected chi connectivity index (χ3v) is 5.03. The number of carbonyl (C=O) groups is 1. The molecule has 1 aromatic rings. The smallest absolute Gasteiger partial charge is 0.251 e. The highest BCUT2D eigenvalue weighted by Gasteiger charge is 2.34. The molecular formula is C17H23N3O. The van der Waals surface area contributed by atoms with Gasteiger partial charge in [-0.15, -0.1) is 0 Å². The molecule has 1 saturated carbocycles. The first-order chi connectivity index (χ1) is 10.3. The Morgan fingerprint density at radius 2 is 2.10 bits per heavy atom. The van der Waals surface area contributed by atoms with Crippen LogP contribution in [0.1, 0.15) is 40.7 Å². The van der Waals surface area contributed by atoms with E-state index in [-0.39, 0.29) is 5.91 Å². The Bertz CT molecular complexity index is 553. The highest BCUT2D eigenvalue weighted by Crippen LogP contribution is 2.31. The summed E-state index contributed by atoms with van der Waals surface area (Å²) in [4.78, 5) is 14.9. The van der Waals surface area contributed by atoms with Crippen molar-refractivity contribution in [1.29, 1.82) is 0 Å². The molecule has 4 heteroatoms. The van der Waals surface area contributed by atoms with Crippen molar-refractivity contribution in [1.82, 2.24) is 15.5 Å². The second-order valence-electron chi connectivity index (χ2n) is 6.68. The van der Waals surface area contributed by atoms with Gasteiger partial charge < -0.3 is 15.5 Å². The molecule has 1 unspecified atom stereocenters. The molecule has 4 nitrogen and oxygen atoms in total. The lowest BCUT2D eigenvalue weighted by atomic mass is 10.1. The molecule has 2 N–H and O–H groups in total. The number of rotatable bonds is 4. The Kier molecular flexibility index (Phi) is 3.43. The standard InChI is InChI=1S/C17H23N3O/c21-17(13-1-2-14-9-18-10-15(14)7-13)19-8-12-5-6-20(11-12)16-3-4-16/h1-2,7,12,16,18H,3-6,8-11H2,(H,19,21). The molecule has 3 aliphatic rings. The lowest BCUT2D eigenvalue weighted by molar-refractivity contribution is 0.0947. The summed E-state index contributed by atoms with van der Waals surface area (Å²) in [5, 5.41) is 6.44. The van der Waals surface area contributed by atoms with E-state index in [2.05, 4.69) is 21.6 Å². The monoisotopic (exact) mass is 285 g/mol. The molecule has 21 heavy (non-hydrogen) atoms. The van der Waals surface area contributed by atoms with Crippen LogP contribution in [0.3, 0.4) is 0 Å². The molecule has 4 rings (SSSR count). The van der Waals surface area contributed by atoms with Crippen LogP contribution in [-0.2, 0) is 13.1 Å². The molecular weight excluding hydrogens is 262 g/mol. The van der Waals surface area contributed by atoms with Gasteiger partial charge in [0.05, 0.1) is 0 Å². The van der Waals surface area contributed by atoms with E-state index in [4.69, 9.17) is 0 Å². The van der Waals surface area contributed by atoms with E-state index >= 15 is 0 Å². The fraction of sp³-hybridized carbons (Fsp3) is 0.588. The van der Waals surface area contributed by atoms with Gasteiger partial charge >= 0.3 is 0 Å². The van der Waals surface area contributed by atoms with Crippen molar-refractivity contribution in [2.45, 2.75) is 38.4 Å². The van der Waals surface area contributed by atoms with Gasteiger partial charge in [0.25, 0.3) is 5.91 Å². The number of benzene rings is 1. The first-order valence-corrected chi connectivity index (χ1v) is 8.14. The van der Waals surface area contributed by atoms with E-state index in [0.29, 0.717) is 5.92 Å². The molecule has 2 fully saturated rings. The maximum Gasteiger partial charge on any atom is 0.251 e. The number of hydrogen-bond donors (Lipinski definition) is 2. The minimum absolute atomic E-state index is 0.0783. The van der Waals surface area contributed by atoms with Gasteiger partial charge in [-0.1, -0.05) is 6.07 Å². The molecule has 0 spiro atoms. The molecule has 1 amide bonds. The predicted octanol–water partition coefficient (Wildman–Crippen LogP) is 1.50. The van der Waals surface area contributed by atoms with Gasteiger partial charge in [0, 0.05) is 37.8 Å². The second kappa shape index (κ2) is 5.43. The first-order valence-electron chi connectivity index (χ1n) is 8.14. The molecule has 1 aliphatic carbocycles. The Morgan fingerprint density at radius 1 is 1.24 bits per heavy atom. The Balaban J connectivity index is 1.31. The summed E-state index contributed by atoms with van der Waals surface area (Å²) < 4.78 is 0.